The number of carbonyl (C=O) groups is 1. The molecule has 1 aromatic heterocycles. The summed E-state index contributed by atoms with van der Waals surface area (Å²) in [6, 6.07) is 7.21. The highest BCUT2D eigenvalue weighted by molar-refractivity contribution is 14.1. The van der Waals surface area contributed by atoms with E-state index in [2.05, 4.69) is 43.2 Å². The number of hydroxylamine groups is 1. The predicted molar refractivity (Wildman–Crippen MR) is 118 cm³/mol. The first kappa shape index (κ1) is 21.8. The fourth-order valence-corrected chi connectivity index (χ4v) is 3.51. The number of nitrogens with one attached hydrogen (secondary N) is 2. The molecular formula is C19H19ClFIN4O3. The molecule has 2 aromatic carbocycles. The Morgan fingerprint density at radius 2 is 2.14 bits per heavy atom. The first-order chi connectivity index (χ1) is 13.8. The van der Waals surface area contributed by atoms with Gasteiger partial charge in [0.05, 0.1) is 40.9 Å². The van der Waals surface area contributed by atoms with Crippen molar-refractivity contribution in [1.82, 2.24) is 15.0 Å². The number of hydrogen-bond donors (Lipinski definition) is 3. The fourth-order valence-electron chi connectivity index (χ4n) is 2.61. The molecule has 1 aliphatic rings. The number of rotatable bonds is 5. The third kappa shape index (κ3) is 5.16. The van der Waals surface area contributed by atoms with Crippen molar-refractivity contribution in [1.29, 1.82) is 0 Å². The number of aromatic nitrogens is 2. The lowest BCUT2D eigenvalue weighted by Crippen LogP contribution is -2.12. The van der Waals surface area contributed by atoms with Crippen LogP contribution in [0.1, 0.15) is 23.2 Å². The molecule has 1 fully saturated rings. The van der Waals surface area contributed by atoms with Gasteiger partial charge in [-0.05, 0) is 59.7 Å². The van der Waals surface area contributed by atoms with E-state index in [1.807, 2.05) is 0 Å². The van der Waals surface area contributed by atoms with Crippen LogP contribution in [0.3, 0.4) is 0 Å². The van der Waals surface area contributed by atoms with Crippen LogP contribution in [-0.2, 0) is 11.9 Å². The number of carboxylic acids is 1. The van der Waals surface area contributed by atoms with Gasteiger partial charge >= 0.3 is 5.97 Å². The molecule has 0 unspecified atom stereocenters. The van der Waals surface area contributed by atoms with Gasteiger partial charge in [0.25, 0.3) is 0 Å². The SMILES string of the molecule is CONC1CC1.Cn1cnc2c(F)c(Nc3ccc(I)cc3Cl)c(C(=O)O)cc21. The average Bonchev–Trinajstić information content (AvgIpc) is 3.41. The number of fused-ring (bicyclic) bond motifs is 1. The summed E-state index contributed by atoms with van der Waals surface area (Å²) >= 11 is 8.23. The van der Waals surface area contributed by atoms with Gasteiger partial charge in [-0.2, -0.15) is 5.48 Å². The molecule has 29 heavy (non-hydrogen) atoms. The summed E-state index contributed by atoms with van der Waals surface area (Å²) in [7, 11) is 3.32. The first-order valence-electron chi connectivity index (χ1n) is 8.69. The Morgan fingerprint density at radius 1 is 1.41 bits per heavy atom. The maximum absolute atomic E-state index is 14.8. The third-order valence-electron chi connectivity index (χ3n) is 4.24. The molecule has 0 amide bonds. The van der Waals surface area contributed by atoms with E-state index >= 15 is 0 Å². The molecule has 3 N–H and O–H groups in total. The Morgan fingerprint density at radius 3 is 2.69 bits per heavy atom. The highest BCUT2D eigenvalue weighted by Crippen LogP contribution is 2.33. The van der Waals surface area contributed by atoms with Gasteiger partial charge in [0, 0.05) is 16.7 Å². The van der Waals surface area contributed by atoms with Crippen LogP contribution in [0.2, 0.25) is 5.02 Å². The maximum Gasteiger partial charge on any atom is 0.338 e. The van der Waals surface area contributed by atoms with E-state index in [4.69, 9.17) is 11.6 Å². The van der Waals surface area contributed by atoms with Gasteiger partial charge in [-0.1, -0.05) is 11.6 Å². The van der Waals surface area contributed by atoms with E-state index in [1.54, 1.807) is 36.9 Å². The maximum atomic E-state index is 14.8. The standard InChI is InChI=1S/C15H10ClFIN3O2.C4H9NO/c1-21-6-19-14-11(21)5-8(15(22)23)13(12(14)17)20-10-3-2-7(18)4-9(10)16;1-6-5-4-2-3-4/h2-6,20H,1H3,(H,22,23);4-5H,2-3H2,1H3. The number of halogens is 3. The predicted octanol–water partition coefficient (Wildman–Crippen LogP) is 4.71. The lowest BCUT2D eigenvalue weighted by Gasteiger charge is -2.13. The number of aryl methyl sites for hydroxylation is 1. The lowest BCUT2D eigenvalue weighted by atomic mass is 10.1. The van der Waals surface area contributed by atoms with Crippen LogP contribution >= 0.6 is 34.2 Å². The van der Waals surface area contributed by atoms with Crippen molar-refractivity contribution in [3.05, 3.63) is 50.6 Å². The molecule has 0 saturated heterocycles. The van der Waals surface area contributed by atoms with Gasteiger partial charge in [0.15, 0.2) is 5.82 Å². The summed E-state index contributed by atoms with van der Waals surface area (Å²) in [6.45, 7) is 0. The van der Waals surface area contributed by atoms with Crippen LogP contribution in [0, 0.1) is 9.39 Å². The number of anilines is 2. The minimum Gasteiger partial charge on any atom is -0.478 e. The molecule has 0 aliphatic heterocycles. The number of benzene rings is 2. The van der Waals surface area contributed by atoms with Crippen LogP contribution in [0.4, 0.5) is 15.8 Å². The molecule has 1 aliphatic carbocycles. The topological polar surface area (TPSA) is 88.4 Å². The molecule has 3 aromatic rings. The minimum atomic E-state index is -1.24. The van der Waals surface area contributed by atoms with Crippen LogP contribution in [0.15, 0.2) is 30.6 Å². The number of imidazole rings is 1. The van der Waals surface area contributed by atoms with Crippen molar-refractivity contribution in [2.75, 3.05) is 12.4 Å². The van der Waals surface area contributed by atoms with Crippen molar-refractivity contribution in [3.63, 3.8) is 0 Å². The summed E-state index contributed by atoms with van der Waals surface area (Å²) in [5, 5.41) is 12.5. The minimum absolute atomic E-state index is 0.0987. The Labute approximate surface area is 185 Å². The Hall–Kier alpha value is -1.95. The van der Waals surface area contributed by atoms with Gasteiger partial charge in [-0.3, -0.25) is 0 Å². The van der Waals surface area contributed by atoms with Gasteiger partial charge < -0.3 is 19.8 Å². The van der Waals surface area contributed by atoms with Crippen molar-refractivity contribution in [2.24, 2.45) is 7.05 Å². The summed E-state index contributed by atoms with van der Waals surface area (Å²) in [6.07, 6.45) is 4.00. The Balaban J connectivity index is 0.000000343. The zero-order valence-electron chi connectivity index (χ0n) is 15.7. The van der Waals surface area contributed by atoms with Gasteiger partial charge in [0.1, 0.15) is 5.52 Å². The zero-order valence-corrected chi connectivity index (χ0v) is 18.6. The van der Waals surface area contributed by atoms with Crippen LogP contribution < -0.4 is 10.8 Å². The second kappa shape index (κ2) is 9.24. The van der Waals surface area contributed by atoms with E-state index in [9.17, 15) is 14.3 Å². The third-order valence-corrected chi connectivity index (χ3v) is 5.23. The summed E-state index contributed by atoms with van der Waals surface area (Å²) in [4.78, 5) is 20.1. The zero-order chi connectivity index (χ0) is 21.1. The smallest absolute Gasteiger partial charge is 0.338 e. The molecular weight excluding hydrogens is 514 g/mol. The molecule has 1 saturated carbocycles. The highest BCUT2D eigenvalue weighted by atomic mass is 127. The molecule has 7 nitrogen and oxygen atoms in total. The number of carboxylic acid groups (broad SMARTS) is 1. The van der Waals surface area contributed by atoms with E-state index in [-0.39, 0.29) is 16.8 Å². The number of aromatic carboxylic acids is 1. The summed E-state index contributed by atoms with van der Waals surface area (Å²) in [5.41, 5.74) is 3.39. The molecule has 0 spiro atoms. The Bertz CT molecular complexity index is 1060. The quantitative estimate of drug-likeness (QED) is 0.326. The number of hydrogen-bond acceptors (Lipinski definition) is 5. The molecule has 4 rings (SSSR count). The van der Waals surface area contributed by atoms with Gasteiger partial charge in [-0.25, -0.2) is 14.2 Å². The largest absolute Gasteiger partial charge is 0.478 e. The van der Waals surface area contributed by atoms with Gasteiger partial charge in [0.2, 0.25) is 0 Å². The van der Waals surface area contributed by atoms with Crippen LogP contribution in [-0.4, -0.2) is 33.8 Å². The van der Waals surface area contributed by atoms with Crippen molar-refractivity contribution in [2.45, 2.75) is 18.9 Å². The summed E-state index contributed by atoms with van der Waals surface area (Å²) in [5.74, 6) is -1.97. The molecule has 1 heterocycles. The van der Waals surface area contributed by atoms with Gasteiger partial charge in [-0.15, -0.1) is 0 Å². The molecule has 0 atom stereocenters. The van der Waals surface area contributed by atoms with E-state index in [0.717, 1.165) is 3.57 Å². The first-order valence-corrected chi connectivity index (χ1v) is 10.1. The number of nitrogens with zero attached hydrogens (tertiary/aromatic N) is 2. The van der Waals surface area contributed by atoms with E-state index in [1.165, 1.54) is 25.2 Å². The second-order valence-electron chi connectivity index (χ2n) is 6.49. The lowest BCUT2D eigenvalue weighted by molar-refractivity contribution is 0.0697. The summed E-state index contributed by atoms with van der Waals surface area (Å²) < 4.78 is 17.2. The van der Waals surface area contributed by atoms with Crippen molar-refractivity contribution < 1.29 is 19.1 Å². The fraction of sp³-hybridized carbons (Fsp3) is 0.263. The normalized spacial score (nSPS) is 13.1. The van der Waals surface area contributed by atoms with Crippen molar-refractivity contribution in [3.8, 4) is 0 Å². The van der Waals surface area contributed by atoms with Crippen LogP contribution in [0.25, 0.3) is 11.0 Å². The molecule has 0 bridgehead atoms. The average molecular weight is 533 g/mol. The van der Waals surface area contributed by atoms with E-state index in [0.29, 0.717) is 22.3 Å². The van der Waals surface area contributed by atoms with Crippen LogP contribution in [0.5, 0.6) is 0 Å². The Kier molecular flexibility index (Phi) is 6.93. The molecule has 154 valence electrons. The van der Waals surface area contributed by atoms with E-state index < -0.39 is 11.8 Å². The van der Waals surface area contributed by atoms with Crippen molar-refractivity contribution >= 4 is 62.6 Å². The molecule has 0 radical (unpaired) electrons. The second-order valence-corrected chi connectivity index (χ2v) is 8.14. The monoisotopic (exact) mass is 532 g/mol. The molecule has 10 heteroatoms. The highest BCUT2D eigenvalue weighted by Gasteiger charge is 2.21.